The molecule has 0 saturated carbocycles. The molecule has 1 aromatic rings. The van der Waals surface area contributed by atoms with E-state index in [0.717, 1.165) is 19.2 Å². The van der Waals surface area contributed by atoms with Gasteiger partial charge in [0.2, 0.25) is 5.72 Å². The minimum atomic E-state index is -3.78. The standard InChI is InChI=1S/C10H13F2N3O4/c1-9(15-3-2-6(13)14-8(15)18)10(11,12)7(17)5(4-16)19-9/h2-3,5,7,16-17H,4H2,1H3,(H2,13,14,18)/t5-,7-,9-/m1/s1. The smallest absolute Gasteiger partial charge is 0.352 e. The van der Waals surface area contributed by atoms with Crippen LogP contribution in [0.15, 0.2) is 17.1 Å². The lowest BCUT2D eigenvalue weighted by atomic mass is 10.0. The summed E-state index contributed by atoms with van der Waals surface area (Å²) >= 11 is 0. The number of hydrogen-bond acceptors (Lipinski definition) is 6. The lowest BCUT2D eigenvalue weighted by Gasteiger charge is -2.31. The summed E-state index contributed by atoms with van der Waals surface area (Å²) < 4.78 is 33.7. The number of nitrogen functional groups attached to an aromatic ring is 1. The molecule has 0 bridgehead atoms. The zero-order chi connectivity index (χ0) is 14.4. The lowest BCUT2D eigenvalue weighted by Crippen LogP contribution is -2.53. The topological polar surface area (TPSA) is 111 Å². The molecule has 0 aromatic carbocycles. The van der Waals surface area contributed by atoms with Crippen LogP contribution < -0.4 is 11.4 Å². The number of aromatic nitrogens is 2. The maximum absolute atomic E-state index is 14.1. The molecule has 0 spiro atoms. The van der Waals surface area contributed by atoms with E-state index in [4.69, 9.17) is 15.6 Å². The number of nitrogens with two attached hydrogens (primary N) is 1. The highest BCUT2D eigenvalue weighted by Crippen LogP contribution is 2.46. The van der Waals surface area contributed by atoms with E-state index in [-0.39, 0.29) is 5.82 Å². The first-order valence-corrected chi connectivity index (χ1v) is 5.44. The summed E-state index contributed by atoms with van der Waals surface area (Å²) in [5.41, 5.74) is 1.79. The fourth-order valence-electron chi connectivity index (χ4n) is 2.04. The van der Waals surface area contributed by atoms with E-state index in [2.05, 4.69) is 4.98 Å². The van der Waals surface area contributed by atoms with E-state index >= 15 is 0 Å². The Labute approximate surface area is 106 Å². The van der Waals surface area contributed by atoms with Gasteiger partial charge in [-0.05, 0) is 13.0 Å². The Kier molecular flexibility index (Phi) is 3.07. The Morgan fingerprint density at radius 2 is 2.26 bits per heavy atom. The van der Waals surface area contributed by atoms with E-state index in [1.807, 2.05) is 0 Å². The van der Waals surface area contributed by atoms with Gasteiger partial charge < -0.3 is 20.7 Å². The van der Waals surface area contributed by atoms with Crippen LogP contribution in [0.4, 0.5) is 14.6 Å². The summed E-state index contributed by atoms with van der Waals surface area (Å²) in [7, 11) is 0. The largest absolute Gasteiger partial charge is 0.394 e. The predicted molar refractivity (Wildman–Crippen MR) is 59.5 cm³/mol. The second kappa shape index (κ2) is 4.22. The highest BCUT2D eigenvalue weighted by atomic mass is 19.3. The molecule has 4 N–H and O–H groups in total. The quantitative estimate of drug-likeness (QED) is 0.632. The van der Waals surface area contributed by atoms with Crippen molar-refractivity contribution in [3.63, 3.8) is 0 Å². The fourth-order valence-corrected chi connectivity index (χ4v) is 2.04. The highest BCUT2D eigenvalue weighted by molar-refractivity contribution is 5.24. The van der Waals surface area contributed by atoms with Crippen molar-refractivity contribution in [3.8, 4) is 0 Å². The van der Waals surface area contributed by atoms with Gasteiger partial charge in [-0.2, -0.15) is 13.8 Å². The van der Waals surface area contributed by atoms with Gasteiger partial charge >= 0.3 is 11.6 Å². The van der Waals surface area contributed by atoms with Crippen LogP contribution in [0.25, 0.3) is 0 Å². The predicted octanol–water partition coefficient (Wildman–Crippen LogP) is -1.11. The van der Waals surface area contributed by atoms with Crippen LogP contribution in [-0.2, 0) is 10.5 Å². The molecule has 1 fully saturated rings. The molecule has 9 heteroatoms. The molecule has 1 aliphatic heterocycles. The van der Waals surface area contributed by atoms with E-state index in [1.54, 1.807) is 0 Å². The van der Waals surface area contributed by atoms with Gasteiger partial charge in [-0.3, -0.25) is 4.57 Å². The van der Waals surface area contributed by atoms with Gasteiger partial charge in [0.05, 0.1) is 6.61 Å². The molecular formula is C10H13F2N3O4. The number of hydrogen-bond donors (Lipinski definition) is 3. The van der Waals surface area contributed by atoms with Gasteiger partial charge in [0.1, 0.15) is 11.9 Å². The van der Waals surface area contributed by atoms with Gasteiger partial charge in [-0.15, -0.1) is 0 Å². The average Bonchev–Trinajstić information content (AvgIpc) is 2.50. The molecule has 0 unspecified atom stereocenters. The Hall–Kier alpha value is -1.58. The molecule has 3 atom stereocenters. The number of nitrogens with zero attached hydrogens (tertiary/aromatic N) is 2. The van der Waals surface area contributed by atoms with Crippen LogP contribution in [0.1, 0.15) is 6.92 Å². The Bertz CT molecular complexity index is 550. The zero-order valence-corrected chi connectivity index (χ0v) is 9.96. The van der Waals surface area contributed by atoms with Crippen molar-refractivity contribution in [3.05, 3.63) is 22.7 Å². The SMILES string of the molecule is C[C@@]1(n2ccc(N)nc2=O)O[C@H](CO)[C@@H](O)C1(F)F. The summed E-state index contributed by atoms with van der Waals surface area (Å²) in [5.74, 6) is -3.90. The maximum atomic E-state index is 14.1. The number of alkyl halides is 2. The van der Waals surface area contributed by atoms with E-state index in [1.165, 1.54) is 0 Å². The number of aliphatic hydroxyl groups is 2. The van der Waals surface area contributed by atoms with Crippen LogP contribution in [-0.4, -0.2) is 44.5 Å². The van der Waals surface area contributed by atoms with Crippen LogP contribution >= 0.6 is 0 Å². The molecular weight excluding hydrogens is 264 g/mol. The number of rotatable bonds is 2. The fraction of sp³-hybridized carbons (Fsp3) is 0.600. The molecule has 0 radical (unpaired) electrons. The zero-order valence-electron chi connectivity index (χ0n) is 9.96. The normalized spacial score (nSPS) is 33.5. The first kappa shape index (κ1) is 13.8. The first-order valence-electron chi connectivity index (χ1n) is 5.44. The minimum absolute atomic E-state index is 0.120. The van der Waals surface area contributed by atoms with Gasteiger partial charge in [0.15, 0.2) is 6.10 Å². The average molecular weight is 277 g/mol. The van der Waals surface area contributed by atoms with Crippen molar-refractivity contribution in [2.45, 2.75) is 30.8 Å². The first-order chi connectivity index (χ1) is 8.74. The second-order valence-corrected chi connectivity index (χ2v) is 4.39. The Balaban J connectivity index is 2.56. The number of ether oxygens (including phenoxy) is 1. The number of anilines is 1. The number of aliphatic hydroxyl groups excluding tert-OH is 2. The monoisotopic (exact) mass is 277 g/mol. The molecule has 2 rings (SSSR count). The third-order valence-corrected chi connectivity index (χ3v) is 3.19. The van der Waals surface area contributed by atoms with Crippen molar-refractivity contribution in [2.24, 2.45) is 0 Å². The molecule has 1 aliphatic rings. The summed E-state index contributed by atoms with van der Waals surface area (Å²) in [6.07, 6.45) is -2.72. The van der Waals surface area contributed by atoms with Crippen molar-refractivity contribution in [1.82, 2.24) is 9.55 Å². The van der Waals surface area contributed by atoms with Crippen molar-refractivity contribution in [2.75, 3.05) is 12.3 Å². The van der Waals surface area contributed by atoms with Crippen LogP contribution in [0.2, 0.25) is 0 Å². The maximum Gasteiger partial charge on any atom is 0.352 e. The van der Waals surface area contributed by atoms with Crippen LogP contribution in [0, 0.1) is 0 Å². The minimum Gasteiger partial charge on any atom is -0.394 e. The lowest BCUT2D eigenvalue weighted by molar-refractivity contribution is -0.210. The van der Waals surface area contributed by atoms with Crippen LogP contribution in [0.5, 0.6) is 0 Å². The summed E-state index contributed by atoms with van der Waals surface area (Å²) in [4.78, 5) is 15.0. The Morgan fingerprint density at radius 1 is 1.63 bits per heavy atom. The molecule has 19 heavy (non-hydrogen) atoms. The summed E-state index contributed by atoms with van der Waals surface area (Å²) in [6.45, 7) is 0.134. The number of halogens is 2. The molecule has 1 aromatic heterocycles. The van der Waals surface area contributed by atoms with Gasteiger partial charge in [0, 0.05) is 6.20 Å². The molecule has 7 nitrogen and oxygen atoms in total. The van der Waals surface area contributed by atoms with E-state index in [9.17, 15) is 18.7 Å². The molecule has 1 saturated heterocycles. The third kappa shape index (κ3) is 1.81. The van der Waals surface area contributed by atoms with Gasteiger partial charge in [0.25, 0.3) is 0 Å². The third-order valence-electron chi connectivity index (χ3n) is 3.19. The second-order valence-electron chi connectivity index (χ2n) is 4.39. The molecule has 2 heterocycles. The van der Waals surface area contributed by atoms with Crippen molar-refractivity contribution >= 4 is 5.82 Å². The Morgan fingerprint density at radius 3 is 2.74 bits per heavy atom. The summed E-state index contributed by atoms with van der Waals surface area (Å²) in [6, 6.07) is 1.16. The highest BCUT2D eigenvalue weighted by Gasteiger charge is 2.67. The molecule has 106 valence electrons. The van der Waals surface area contributed by atoms with E-state index in [0.29, 0.717) is 4.57 Å². The molecule has 0 aliphatic carbocycles. The van der Waals surface area contributed by atoms with E-state index < -0.39 is 36.2 Å². The van der Waals surface area contributed by atoms with Gasteiger partial charge in [-0.25, -0.2) is 4.79 Å². The van der Waals surface area contributed by atoms with Gasteiger partial charge in [-0.1, -0.05) is 0 Å². The van der Waals surface area contributed by atoms with Crippen molar-refractivity contribution < 1.29 is 23.7 Å². The molecule has 0 amide bonds. The van der Waals surface area contributed by atoms with Crippen LogP contribution in [0.3, 0.4) is 0 Å². The summed E-state index contributed by atoms with van der Waals surface area (Å²) in [5, 5.41) is 18.4. The van der Waals surface area contributed by atoms with Crippen molar-refractivity contribution in [1.29, 1.82) is 0 Å².